The lowest BCUT2D eigenvalue weighted by Crippen LogP contribution is -2.32. The van der Waals surface area contributed by atoms with Crippen molar-refractivity contribution in [3.8, 4) is 5.69 Å². The molecule has 29 heavy (non-hydrogen) atoms. The quantitative estimate of drug-likeness (QED) is 0.528. The molecule has 1 aromatic carbocycles. The van der Waals surface area contributed by atoms with Gasteiger partial charge in [0.1, 0.15) is 12.1 Å². The molecule has 0 bridgehead atoms. The van der Waals surface area contributed by atoms with E-state index in [1.807, 2.05) is 39.8 Å². The number of allylic oxidation sites excluding steroid dienone is 2. The van der Waals surface area contributed by atoms with Gasteiger partial charge < -0.3 is 9.32 Å². The van der Waals surface area contributed by atoms with Gasteiger partial charge in [-0.2, -0.15) is 0 Å². The summed E-state index contributed by atoms with van der Waals surface area (Å²) < 4.78 is 7.43. The Morgan fingerprint density at radius 2 is 2.14 bits per heavy atom. The molecule has 2 aromatic heterocycles. The maximum Gasteiger partial charge on any atom is 0.237 e. The zero-order valence-electron chi connectivity index (χ0n) is 16.5. The smallest absolute Gasteiger partial charge is 0.237 e. The summed E-state index contributed by atoms with van der Waals surface area (Å²) in [4.78, 5) is 15.0. The van der Waals surface area contributed by atoms with Crippen LogP contribution in [0.1, 0.15) is 37.0 Å². The minimum Gasteiger partial charge on any atom is -0.467 e. The van der Waals surface area contributed by atoms with E-state index in [2.05, 4.69) is 29.3 Å². The van der Waals surface area contributed by atoms with Crippen molar-refractivity contribution in [2.45, 2.75) is 44.3 Å². The lowest BCUT2D eigenvalue weighted by molar-refractivity contribution is -0.127. The molecule has 1 aliphatic rings. The maximum atomic E-state index is 13.1. The number of carbonyl (C=O) groups is 1. The number of thioether (sulfide) groups is 1. The molecule has 3 aromatic rings. The number of furan rings is 1. The predicted molar refractivity (Wildman–Crippen MR) is 113 cm³/mol. The van der Waals surface area contributed by atoms with Crippen molar-refractivity contribution in [3.05, 3.63) is 72.1 Å². The van der Waals surface area contributed by atoms with Crippen LogP contribution in [0.3, 0.4) is 0 Å². The van der Waals surface area contributed by atoms with Gasteiger partial charge in [0.05, 0.1) is 24.2 Å². The molecule has 0 aliphatic heterocycles. The average molecular weight is 409 g/mol. The summed E-state index contributed by atoms with van der Waals surface area (Å²) in [6, 6.07) is 11.8. The Morgan fingerprint density at radius 1 is 1.24 bits per heavy atom. The number of hydrogen-bond donors (Lipinski definition) is 0. The van der Waals surface area contributed by atoms with Crippen molar-refractivity contribution in [3.63, 3.8) is 0 Å². The molecule has 150 valence electrons. The highest BCUT2D eigenvalue weighted by atomic mass is 32.2. The molecule has 0 radical (unpaired) electrons. The molecule has 0 spiro atoms. The first-order chi connectivity index (χ1) is 14.2. The fraction of sp³-hybridized carbons (Fsp3) is 0.318. The molecule has 1 amide bonds. The molecule has 0 saturated carbocycles. The monoisotopic (exact) mass is 408 g/mol. The number of nitrogens with zero attached hydrogens (tertiary/aromatic N) is 4. The molecule has 0 N–H and O–H groups in total. The van der Waals surface area contributed by atoms with E-state index in [-0.39, 0.29) is 5.91 Å². The first-order valence-corrected chi connectivity index (χ1v) is 10.8. The zero-order valence-corrected chi connectivity index (χ0v) is 17.3. The third-order valence-electron chi connectivity index (χ3n) is 5.03. The van der Waals surface area contributed by atoms with Crippen LogP contribution < -0.4 is 0 Å². The van der Waals surface area contributed by atoms with Crippen LogP contribution in [0, 0.1) is 6.92 Å². The van der Waals surface area contributed by atoms with E-state index >= 15 is 0 Å². The van der Waals surface area contributed by atoms with E-state index < -0.39 is 0 Å². The lowest BCUT2D eigenvalue weighted by atomic mass is 10.0. The van der Waals surface area contributed by atoms with Crippen LogP contribution in [-0.2, 0) is 11.3 Å². The Bertz CT molecular complexity index is 994. The molecule has 0 fully saturated rings. The van der Waals surface area contributed by atoms with E-state index in [4.69, 9.17) is 4.42 Å². The number of hydrogen-bond acceptors (Lipinski definition) is 5. The van der Waals surface area contributed by atoms with Gasteiger partial charge in [0, 0.05) is 5.70 Å². The van der Waals surface area contributed by atoms with Crippen LogP contribution in [0.2, 0.25) is 0 Å². The molecule has 0 atom stereocenters. The second kappa shape index (κ2) is 9.13. The maximum absolute atomic E-state index is 13.1. The largest absolute Gasteiger partial charge is 0.467 e. The SMILES string of the molecule is Cc1ccccc1-n1cnnc1SCC(=O)N(Cc1ccco1)C1=CCCCC1. The number of aromatic nitrogens is 3. The molecular formula is C22H24N4O2S. The van der Waals surface area contributed by atoms with E-state index in [1.165, 1.54) is 18.2 Å². The van der Waals surface area contributed by atoms with Crippen LogP contribution in [0.4, 0.5) is 0 Å². The van der Waals surface area contributed by atoms with E-state index in [0.29, 0.717) is 17.5 Å². The second-order valence-electron chi connectivity index (χ2n) is 7.06. The van der Waals surface area contributed by atoms with Crippen molar-refractivity contribution in [2.24, 2.45) is 0 Å². The molecule has 6 nitrogen and oxygen atoms in total. The highest BCUT2D eigenvalue weighted by Gasteiger charge is 2.22. The van der Waals surface area contributed by atoms with Crippen molar-refractivity contribution in [2.75, 3.05) is 5.75 Å². The molecule has 7 heteroatoms. The minimum absolute atomic E-state index is 0.0545. The number of benzene rings is 1. The van der Waals surface area contributed by atoms with Crippen molar-refractivity contribution < 1.29 is 9.21 Å². The average Bonchev–Trinajstić information content (AvgIpc) is 3.43. The number of para-hydroxylation sites is 1. The van der Waals surface area contributed by atoms with Gasteiger partial charge in [0.25, 0.3) is 0 Å². The van der Waals surface area contributed by atoms with Crippen molar-refractivity contribution in [1.29, 1.82) is 0 Å². The third kappa shape index (κ3) is 4.62. The highest BCUT2D eigenvalue weighted by molar-refractivity contribution is 7.99. The number of amides is 1. The van der Waals surface area contributed by atoms with Crippen LogP contribution in [0.25, 0.3) is 5.69 Å². The number of carbonyl (C=O) groups excluding carboxylic acids is 1. The molecule has 4 rings (SSSR count). The fourth-order valence-corrected chi connectivity index (χ4v) is 4.30. The molecular weight excluding hydrogens is 384 g/mol. The van der Waals surface area contributed by atoms with Crippen molar-refractivity contribution in [1.82, 2.24) is 19.7 Å². The van der Waals surface area contributed by atoms with Crippen LogP contribution in [0.15, 0.2) is 70.3 Å². The summed E-state index contributed by atoms with van der Waals surface area (Å²) in [5, 5.41) is 8.99. The summed E-state index contributed by atoms with van der Waals surface area (Å²) >= 11 is 1.41. The summed E-state index contributed by atoms with van der Waals surface area (Å²) in [6.07, 6.45) is 9.77. The van der Waals surface area contributed by atoms with E-state index in [9.17, 15) is 4.79 Å². The van der Waals surface area contributed by atoms with Gasteiger partial charge >= 0.3 is 0 Å². The topological polar surface area (TPSA) is 64.2 Å². The molecule has 0 unspecified atom stereocenters. The Balaban J connectivity index is 1.49. The van der Waals surface area contributed by atoms with E-state index in [1.54, 1.807) is 12.6 Å². The number of aryl methyl sites for hydroxylation is 1. The second-order valence-corrected chi connectivity index (χ2v) is 8.00. The van der Waals surface area contributed by atoms with Crippen LogP contribution in [0.5, 0.6) is 0 Å². The van der Waals surface area contributed by atoms with Crippen LogP contribution >= 0.6 is 11.8 Å². The van der Waals surface area contributed by atoms with Crippen LogP contribution in [-0.4, -0.2) is 31.3 Å². The molecule has 0 saturated heterocycles. The van der Waals surface area contributed by atoms with Gasteiger partial charge in [0.2, 0.25) is 5.91 Å². The fourth-order valence-electron chi connectivity index (χ4n) is 3.50. The van der Waals surface area contributed by atoms with Crippen molar-refractivity contribution >= 4 is 17.7 Å². The third-order valence-corrected chi connectivity index (χ3v) is 5.95. The first-order valence-electron chi connectivity index (χ1n) is 9.83. The zero-order chi connectivity index (χ0) is 20.1. The van der Waals surface area contributed by atoms with Gasteiger partial charge in [0.15, 0.2) is 5.16 Å². The summed E-state index contributed by atoms with van der Waals surface area (Å²) in [5.41, 5.74) is 3.25. The summed E-state index contributed by atoms with van der Waals surface area (Å²) in [7, 11) is 0. The lowest BCUT2D eigenvalue weighted by Gasteiger charge is -2.27. The minimum atomic E-state index is 0.0545. The van der Waals surface area contributed by atoms with Gasteiger partial charge in [-0.15, -0.1) is 10.2 Å². The molecule has 2 heterocycles. The number of rotatable bonds is 7. The Labute approximate surface area is 174 Å². The Kier molecular flexibility index (Phi) is 6.14. The standard InChI is InChI=1S/C22H24N4O2S/c1-17-8-5-6-12-20(17)26-16-23-24-22(26)29-15-21(27)25(14-19-11-7-13-28-19)18-9-3-2-4-10-18/h5-9,11-13,16H,2-4,10,14-15H2,1H3. The molecule has 1 aliphatic carbocycles. The predicted octanol–water partition coefficient (Wildman–Crippen LogP) is 4.75. The van der Waals surface area contributed by atoms with Gasteiger partial charge in [-0.1, -0.05) is 36.0 Å². The summed E-state index contributed by atoms with van der Waals surface area (Å²) in [5.74, 6) is 1.14. The van der Waals surface area contributed by atoms with E-state index in [0.717, 1.165) is 42.0 Å². The highest BCUT2D eigenvalue weighted by Crippen LogP contribution is 2.26. The summed E-state index contributed by atoms with van der Waals surface area (Å²) in [6.45, 7) is 2.51. The Morgan fingerprint density at radius 3 is 2.90 bits per heavy atom. The Hall–Kier alpha value is -2.80. The first kappa shape index (κ1) is 19.5. The van der Waals surface area contributed by atoms with Gasteiger partial charge in [-0.3, -0.25) is 9.36 Å². The van der Waals surface area contributed by atoms with Gasteiger partial charge in [-0.25, -0.2) is 0 Å². The van der Waals surface area contributed by atoms with Gasteiger partial charge in [-0.05, 0) is 56.4 Å². The normalized spacial score (nSPS) is 13.9.